The summed E-state index contributed by atoms with van der Waals surface area (Å²) in [5, 5.41) is 28.1. The van der Waals surface area contributed by atoms with E-state index in [9.17, 15) is 19.5 Å². The first-order valence-electron chi connectivity index (χ1n) is 12.3. The molecule has 0 radical (unpaired) electrons. The van der Waals surface area contributed by atoms with E-state index in [0.717, 1.165) is 0 Å². The summed E-state index contributed by atoms with van der Waals surface area (Å²) in [4.78, 5) is 49.0. The Balaban J connectivity index is 1.43. The van der Waals surface area contributed by atoms with Crippen LogP contribution >= 0.6 is 22.9 Å². The van der Waals surface area contributed by atoms with Crippen LogP contribution in [0.1, 0.15) is 57.7 Å². The number of aliphatic hydroxyl groups is 1. The second-order valence-electron chi connectivity index (χ2n) is 9.15. The summed E-state index contributed by atoms with van der Waals surface area (Å²) in [5.41, 5.74) is 6.16. The molecule has 0 spiro atoms. The van der Waals surface area contributed by atoms with Gasteiger partial charge in [-0.3, -0.25) is 19.8 Å². The molecule has 3 amide bonds. The van der Waals surface area contributed by atoms with E-state index >= 15 is 0 Å². The van der Waals surface area contributed by atoms with Gasteiger partial charge in [-0.2, -0.15) is 0 Å². The van der Waals surface area contributed by atoms with Crippen LogP contribution in [0, 0.1) is 5.41 Å². The summed E-state index contributed by atoms with van der Waals surface area (Å²) >= 11 is 7.25. The minimum absolute atomic E-state index is 0.108. The maximum Gasteiger partial charge on any atom is 0.274 e. The lowest BCUT2D eigenvalue weighted by molar-refractivity contribution is -0.122. The van der Waals surface area contributed by atoms with Gasteiger partial charge in [-0.15, -0.1) is 11.3 Å². The van der Waals surface area contributed by atoms with Gasteiger partial charge < -0.3 is 36.1 Å². The second-order valence-corrected chi connectivity index (χ2v) is 10.5. The number of thiazole rings is 1. The maximum absolute atomic E-state index is 13.3. The minimum atomic E-state index is -0.764. The average Bonchev–Trinajstić information content (AvgIpc) is 3.64. The molecule has 0 bridgehead atoms. The van der Waals surface area contributed by atoms with Gasteiger partial charge >= 0.3 is 0 Å². The van der Waals surface area contributed by atoms with Crippen molar-refractivity contribution in [1.82, 2.24) is 35.2 Å². The van der Waals surface area contributed by atoms with Gasteiger partial charge in [0.2, 0.25) is 5.91 Å². The van der Waals surface area contributed by atoms with Crippen molar-refractivity contribution < 1.29 is 19.5 Å². The molecule has 7 N–H and O–H groups in total. The number of guanidine groups is 1. The van der Waals surface area contributed by atoms with Crippen LogP contribution in [0.2, 0.25) is 5.02 Å². The molecule has 3 atom stereocenters. The lowest BCUT2D eigenvalue weighted by Gasteiger charge is -2.21. The Labute approximate surface area is 233 Å². The molecule has 1 fully saturated rings. The van der Waals surface area contributed by atoms with Gasteiger partial charge in [0.05, 0.1) is 17.2 Å². The molecule has 39 heavy (non-hydrogen) atoms. The molecular weight excluding hydrogens is 546 g/mol. The number of hydrogen-bond donors (Lipinski definition) is 6. The number of fused-ring (bicyclic) bond motifs is 1. The number of rotatable bonds is 10. The van der Waals surface area contributed by atoms with Crippen LogP contribution in [0.4, 0.5) is 0 Å². The van der Waals surface area contributed by atoms with Crippen molar-refractivity contribution in [2.45, 2.75) is 43.9 Å². The number of unbranched alkanes of at least 4 members (excludes halogenated alkanes) is 1. The Hall–Kier alpha value is -3.75. The number of carbonyl (C=O) groups is 3. The van der Waals surface area contributed by atoms with E-state index in [4.69, 9.17) is 22.7 Å². The van der Waals surface area contributed by atoms with E-state index in [2.05, 4.69) is 25.9 Å². The van der Waals surface area contributed by atoms with Crippen molar-refractivity contribution >= 4 is 52.3 Å². The third kappa shape index (κ3) is 6.82. The van der Waals surface area contributed by atoms with Gasteiger partial charge in [0.25, 0.3) is 11.8 Å². The molecule has 0 saturated carbocycles. The van der Waals surface area contributed by atoms with Crippen LogP contribution < -0.4 is 21.7 Å². The van der Waals surface area contributed by atoms with Crippen LogP contribution in [0.5, 0.6) is 0 Å². The SMILES string of the molecule is CNC(=O)C(CCCCNC(=N)N)NC(=O)c1csc([C@H]2C[C@@H](O)CN2C(=O)c2cn3cc(Cl)ccc3n2)n1. The highest BCUT2D eigenvalue weighted by Crippen LogP contribution is 2.35. The Morgan fingerprint density at radius 3 is 2.79 bits per heavy atom. The highest BCUT2D eigenvalue weighted by molar-refractivity contribution is 7.09. The topological polar surface area (TPSA) is 191 Å². The fraction of sp³-hybridized carbons (Fsp3) is 0.417. The number of likely N-dealkylation sites (N-methyl/N-ethyl adjacent to an activating group) is 1. The predicted molar refractivity (Wildman–Crippen MR) is 146 cm³/mol. The molecule has 1 aliphatic heterocycles. The van der Waals surface area contributed by atoms with Crippen molar-refractivity contribution in [1.29, 1.82) is 5.41 Å². The first-order chi connectivity index (χ1) is 18.7. The third-order valence-electron chi connectivity index (χ3n) is 6.32. The number of pyridine rings is 1. The lowest BCUT2D eigenvalue weighted by Crippen LogP contribution is -2.45. The van der Waals surface area contributed by atoms with E-state index < -0.39 is 24.1 Å². The average molecular weight is 576 g/mol. The number of halogens is 1. The first-order valence-corrected chi connectivity index (χ1v) is 13.6. The standard InChI is InChI=1S/C24H30ClN9O4S/c1-28-20(36)15(4-2-3-7-29-24(26)27)31-21(37)17-12-39-22(32-17)18-8-14(35)10-34(18)23(38)16-11-33-9-13(25)5-6-19(33)30-16/h5-6,9,11-12,14-15,18,35H,2-4,7-8,10H2,1H3,(H,28,36)(H,31,37)(H4,26,27,29)/t14-,15?,18-/m1/s1. The number of hydrogen-bond acceptors (Lipinski definition) is 8. The molecule has 1 aliphatic rings. The van der Waals surface area contributed by atoms with Gasteiger partial charge in [-0.05, 0) is 31.4 Å². The molecule has 15 heteroatoms. The minimum Gasteiger partial charge on any atom is -0.391 e. The monoisotopic (exact) mass is 575 g/mol. The molecule has 4 rings (SSSR count). The molecular formula is C24H30ClN9O4S. The van der Waals surface area contributed by atoms with Gasteiger partial charge in [-0.25, -0.2) is 9.97 Å². The van der Waals surface area contributed by atoms with E-state index in [0.29, 0.717) is 41.5 Å². The zero-order chi connectivity index (χ0) is 28.1. The number of carbonyl (C=O) groups excluding carboxylic acids is 3. The second kappa shape index (κ2) is 12.4. The van der Waals surface area contributed by atoms with Crippen LogP contribution in [0.3, 0.4) is 0 Å². The summed E-state index contributed by atoms with van der Waals surface area (Å²) in [7, 11) is 1.49. The summed E-state index contributed by atoms with van der Waals surface area (Å²) in [5.74, 6) is -1.33. The number of likely N-dealkylation sites (tertiary alicyclic amines) is 1. The fourth-order valence-electron chi connectivity index (χ4n) is 4.40. The number of nitrogens with zero attached hydrogens (tertiary/aromatic N) is 4. The molecule has 1 saturated heterocycles. The number of aromatic nitrogens is 3. The zero-order valence-corrected chi connectivity index (χ0v) is 22.8. The van der Waals surface area contributed by atoms with E-state index in [-0.39, 0.29) is 42.1 Å². The Kier molecular flexibility index (Phi) is 8.99. The third-order valence-corrected chi connectivity index (χ3v) is 7.49. The van der Waals surface area contributed by atoms with Gasteiger partial charge in [0.15, 0.2) is 5.96 Å². The van der Waals surface area contributed by atoms with Gasteiger partial charge in [0.1, 0.15) is 28.1 Å². The molecule has 1 unspecified atom stereocenters. The van der Waals surface area contributed by atoms with Crippen LogP contribution in [0.15, 0.2) is 29.9 Å². The van der Waals surface area contributed by atoms with Crippen molar-refractivity contribution in [2.24, 2.45) is 5.73 Å². The smallest absolute Gasteiger partial charge is 0.274 e. The highest BCUT2D eigenvalue weighted by Gasteiger charge is 2.38. The molecule has 13 nitrogen and oxygen atoms in total. The van der Waals surface area contributed by atoms with E-state index in [1.54, 1.807) is 34.3 Å². The quantitative estimate of drug-likeness (QED) is 0.117. The molecule has 0 aliphatic carbocycles. The summed E-state index contributed by atoms with van der Waals surface area (Å²) in [6, 6.07) is 2.09. The van der Waals surface area contributed by atoms with Crippen LogP contribution in [0.25, 0.3) is 5.65 Å². The van der Waals surface area contributed by atoms with Crippen molar-refractivity contribution in [2.75, 3.05) is 20.1 Å². The number of imidazole rings is 1. The molecule has 208 valence electrons. The summed E-state index contributed by atoms with van der Waals surface area (Å²) in [6.07, 6.45) is 4.43. The largest absolute Gasteiger partial charge is 0.391 e. The lowest BCUT2D eigenvalue weighted by atomic mass is 10.1. The normalized spacial score (nSPS) is 17.7. The Morgan fingerprint density at radius 1 is 1.26 bits per heavy atom. The first kappa shape index (κ1) is 28.3. The Morgan fingerprint density at radius 2 is 2.05 bits per heavy atom. The van der Waals surface area contributed by atoms with E-state index in [1.165, 1.54) is 23.3 Å². The molecule has 3 aromatic rings. The van der Waals surface area contributed by atoms with Crippen molar-refractivity contribution in [3.05, 3.63) is 51.3 Å². The number of nitrogens with two attached hydrogens (primary N) is 1. The van der Waals surface area contributed by atoms with Gasteiger partial charge in [-0.1, -0.05) is 11.6 Å². The van der Waals surface area contributed by atoms with Crippen LogP contribution in [-0.2, 0) is 4.79 Å². The number of amides is 3. The number of aliphatic hydroxyl groups excluding tert-OH is 1. The fourth-order valence-corrected chi connectivity index (χ4v) is 5.50. The molecule has 4 heterocycles. The van der Waals surface area contributed by atoms with Crippen LogP contribution in [-0.4, -0.2) is 80.3 Å². The summed E-state index contributed by atoms with van der Waals surface area (Å²) in [6.45, 7) is 0.598. The Bertz CT molecular complexity index is 1380. The highest BCUT2D eigenvalue weighted by atomic mass is 35.5. The molecule has 0 aromatic carbocycles. The molecule has 3 aromatic heterocycles. The summed E-state index contributed by atoms with van der Waals surface area (Å²) < 4.78 is 1.66. The van der Waals surface area contributed by atoms with Crippen molar-refractivity contribution in [3.8, 4) is 0 Å². The number of nitrogens with one attached hydrogen (secondary N) is 4. The predicted octanol–water partition coefficient (Wildman–Crippen LogP) is 0.890. The zero-order valence-electron chi connectivity index (χ0n) is 21.2. The maximum atomic E-state index is 13.3. The van der Waals surface area contributed by atoms with E-state index in [1.807, 2.05) is 0 Å². The van der Waals surface area contributed by atoms with Gasteiger partial charge in [0, 0.05) is 44.3 Å². The van der Waals surface area contributed by atoms with Crippen molar-refractivity contribution in [3.63, 3.8) is 0 Å². The number of β-amino-alcohol motifs (C(OH)–C–C–N with tert-alkyl or cyclic N) is 1.